The number of hydrogen-bond donors (Lipinski definition) is 3. The number of carboxylic acids is 1. The Balaban J connectivity index is 2.05. The molecule has 3 N–H and O–H groups in total. The second kappa shape index (κ2) is 10.4. The van der Waals surface area contributed by atoms with Gasteiger partial charge in [-0.15, -0.1) is 0 Å². The second-order valence-corrected chi connectivity index (χ2v) is 7.52. The predicted molar refractivity (Wildman–Crippen MR) is 114 cm³/mol. The lowest BCUT2D eigenvalue weighted by Crippen LogP contribution is -2.51. The fourth-order valence-electron chi connectivity index (χ4n) is 2.71. The number of aliphatic carboxylic acids is 1. The van der Waals surface area contributed by atoms with Crippen LogP contribution in [0.2, 0.25) is 0 Å². The third-order valence-corrected chi connectivity index (χ3v) is 4.41. The minimum Gasteiger partial charge on any atom is -0.480 e. The Morgan fingerprint density at radius 3 is 1.79 bits per heavy atom. The maximum absolute atomic E-state index is 12.7. The molecule has 0 aromatic heterocycles. The number of carbonyl (C=O) groups is 2. The van der Waals surface area contributed by atoms with Crippen LogP contribution >= 0.6 is 0 Å². The van der Waals surface area contributed by atoms with Gasteiger partial charge in [-0.1, -0.05) is 45.9 Å². The molecule has 2 aromatic rings. The third-order valence-electron chi connectivity index (χ3n) is 4.41. The van der Waals surface area contributed by atoms with E-state index in [1.54, 1.807) is 26.0 Å². The molecule has 0 saturated heterocycles. The van der Waals surface area contributed by atoms with E-state index in [1.807, 2.05) is 56.3 Å². The molecule has 2 aromatic carbocycles. The summed E-state index contributed by atoms with van der Waals surface area (Å²) in [5, 5.41) is 23.5. The zero-order valence-electron chi connectivity index (χ0n) is 17.2. The van der Waals surface area contributed by atoms with E-state index in [0.717, 1.165) is 11.4 Å². The van der Waals surface area contributed by atoms with E-state index >= 15 is 0 Å². The monoisotopic (exact) mass is 396 g/mol. The van der Waals surface area contributed by atoms with Crippen LogP contribution in [0.1, 0.15) is 27.7 Å². The fraction of sp³-hybridized carbons (Fsp3) is 0.364. The summed E-state index contributed by atoms with van der Waals surface area (Å²) in [5.74, 6) is -1.62. The molecule has 0 spiro atoms. The number of carboxylic acid groups (broad SMARTS) is 1. The van der Waals surface area contributed by atoms with Crippen LogP contribution in [0.5, 0.6) is 0 Å². The van der Waals surface area contributed by atoms with Gasteiger partial charge in [-0.25, -0.2) is 4.79 Å². The van der Waals surface area contributed by atoms with Crippen molar-refractivity contribution in [2.75, 3.05) is 5.32 Å². The number of carbonyl (C=O) groups excluding carboxylic acids is 1. The Bertz CT molecular complexity index is 833. The molecule has 2 atom stereocenters. The van der Waals surface area contributed by atoms with Gasteiger partial charge in [0.2, 0.25) is 5.91 Å². The van der Waals surface area contributed by atoms with Gasteiger partial charge >= 0.3 is 5.97 Å². The lowest BCUT2D eigenvalue weighted by molar-refractivity contribution is -0.143. The van der Waals surface area contributed by atoms with E-state index < -0.39 is 18.1 Å². The molecule has 0 fully saturated rings. The van der Waals surface area contributed by atoms with Crippen molar-refractivity contribution in [2.24, 2.45) is 22.1 Å². The van der Waals surface area contributed by atoms with Crippen LogP contribution in [-0.4, -0.2) is 29.1 Å². The maximum Gasteiger partial charge on any atom is 0.326 e. The molecule has 7 heteroatoms. The minimum absolute atomic E-state index is 0.0333. The van der Waals surface area contributed by atoms with Crippen LogP contribution in [0, 0.1) is 11.8 Å². The molecule has 0 unspecified atom stereocenters. The number of nitrogens with one attached hydrogen (secondary N) is 2. The number of hydrogen-bond acceptors (Lipinski definition) is 5. The van der Waals surface area contributed by atoms with E-state index in [2.05, 4.69) is 20.9 Å². The first-order chi connectivity index (χ1) is 13.8. The van der Waals surface area contributed by atoms with Crippen molar-refractivity contribution in [1.29, 1.82) is 0 Å². The molecule has 154 valence electrons. The van der Waals surface area contributed by atoms with Crippen molar-refractivity contribution in [3.8, 4) is 0 Å². The van der Waals surface area contributed by atoms with Crippen molar-refractivity contribution in [2.45, 2.75) is 39.8 Å². The van der Waals surface area contributed by atoms with Gasteiger partial charge in [0.05, 0.1) is 11.4 Å². The largest absolute Gasteiger partial charge is 0.480 e. The van der Waals surface area contributed by atoms with Crippen molar-refractivity contribution in [3.05, 3.63) is 54.6 Å². The van der Waals surface area contributed by atoms with E-state index in [0.29, 0.717) is 5.69 Å². The van der Waals surface area contributed by atoms with Gasteiger partial charge in [-0.05, 0) is 48.2 Å². The fourth-order valence-corrected chi connectivity index (χ4v) is 2.71. The van der Waals surface area contributed by atoms with Gasteiger partial charge in [-0.3, -0.25) is 4.79 Å². The lowest BCUT2D eigenvalue weighted by Gasteiger charge is -2.26. The Morgan fingerprint density at radius 1 is 0.793 bits per heavy atom. The van der Waals surface area contributed by atoms with Crippen LogP contribution in [0.25, 0.3) is 0 Å². The summed E-state index contributed by atoms with van der Waals surface area (Å²) < 4.78 is 0. The molecular weight excluding hydrogens is 368 g/mol. The Morgan fingerprint density at radius 2 is 1.31 bits per heavy atom. The molecule has 2 rings (SSSR count). The minimum atomic E-state index is -1.04. The smallest absolute Gasteiger partial charge is 0.326 e. The number of rotatable bonds is 9. The predicted octanol–water partition coefficient (Wildman–Crippen LogP) is 4.76. The van der Waals surface area contributed by atoms with Crippen molar-refractivity contribution in [3.63, 3.8) is 0 Å². The first-order valence-electron chi connectivity index (χ1n) is 9.64. The molecule has 7 nitrogen and oxygen atoms in total. The van der Waals surface area contributed by atoms with Crippen LogP contribution in [-0.2, 0) is 9.59 Å². The van der Waals surface area contributed by atoms with Gasteiger partial charge in [0.15, 0.2) is 0 Å². The summed E-state index contributed by atoms with van der Waals surface area (Å²) in [7, 11) is 0. The Hall–Kier alpha value is -3.22. The quantitative estimate of drug-likeness (QED) is 0.531. The van der Waals surface area contributed by atoms with Crippen molar-refractivity contribution in [1.82, 2.24) is 5.32 Å². The Labute approximate surface area is 171 Å². The summed E-state index contributed by atoms with van der Waals surface area (Å²) >= 11 is 0. The highest BCUT2D eigenvalue weighted by molar-refractivity contribution is 5.89. The molecular formula is C22H28N4O3. The molecule has 0 aliphatic rings. The average Bonchev–Trinajstić information content (AvgIpc) is 2.69. The van der Waals surface area contributed by atoms with Gasteiger partial charge in [0, 0.05) is 5.69 Å². The number of nitrogens with zero attached hydrogens (tertiary/aromatic N) is 2. The molecule has 0 aliphatic heterocycles. The summed E-state index contributed by atoms with van der Waals surface area (Å²) in [4.78, 5) is 24.0. The number of amides is 1. The highest BCUT2D eigenvalue weighted by Crippen LogP contribution is 2.21. The number of azo groups is 1. The van der Waals surface area contributed by atoms with Crippen LogP contribution in [0.4, 0.5) is 17.1 Å². The standard InChI is InChI=1S/C22H28N4O3/c1-14(2)19(21(27)24-20(15(3)4)22(28)29)23-16-10-12-18(13-11-16)26-25-17-8-6-5-7-9-17/h5-15,19-20,23H,1-4H3,(H,24,27)(H,28,29)/t19-,20-/m0/s1. The topological polar surface area (TPSA) is 103 Å². The van der Waals surface area contributed by atoms with Gasteiger partial charge in [-0.2, -0.15) is 10.2 Å². The van der Waals surface area contributed by atoms with E-state index in [9.17, 15) is 14.7 Å². The molecule has 0 saturated carbocycles. The molecule has 29 heavy (non-hydrogen) atoms. The first kappa shape index (κ1) is 22.1. The summed E-state index contributed by atoms with van der Waals surface area (Å²) in [5.41, 5.74) is 2.20. The highest BCUT2D eigenvalue weighted by Gasteiger charge is 2.29. The third kappa shape index (κ3) is 6.71. The molecule has 0 radical (unpaired) electrons. The molecule has 1 amide bonds. The zero-order chi connectivity index (χ0) is 21.4. The normalized spacial score (nSPS) is 13.4. The van der Waals surface area contributed by atoms with Gasteiger partial charge in [0.25, 0.3) is 0 Å². The van der Waals surface area contributed by atoms with E-state index in [4.69, 9.17) is 0 Å². The first-order valence-corrected chi connectivity index (χ1v) is 9.64. The van der Waals surface area contributed by atoms with E-state index in [1.165, 1.54) is 0 Å². The number of benzene rings is 2. The lowest BCUT2D eigenvalue weighted by atomic mass is 10.00. The maximum atomic E-state index is 12.7. The molecule has 0 heterocycles. The number of anilines is 1. The SMILES string of the molecule is CC(C)[C@H](NC(=O)[C@@H](Nc1ccc(N=Nc2ccccc2)cc1)C(C)C)C(=O)O. The van der Waals surface area contributed by atoms with Gasteiger partial charge < -0.3 is 15.7 Å². The van der Waals surface area contributed by atoms with Crippen LogP contribution in [0.3, 0.4) is 0 Å². The molecule has 0 aliphatic carbocycles. The Kier molecular flexibility index (Phi) is 7.88. The van der Waals surface area contributed by atoms with Crippen LogP contribution < -0.4 is 10.6 Å². The highest BCUT2D eigenvalue weighted by atomic mass is 16.4. The summed E-state index contributed by atoms with van der Waals surface area (Å²) in [6.07, 6.45) is 0. The van der Waals surface area contributed by atoms with Crippen molar-refractivity contribution < 1.29 is 14.7 Å². The second-order valence-electron chi connectivity index (χ2n) is 7.52. The molecule has 0 bridgehead atoms. The summed E-state index contributed by atoms with van der Waals surface area (Å²) in [6.45, 7) is 7.34. The van der Waals surface area contributed by atoms with Crippen LogP contribution in [0.15, 0.2) is 64.8 Å². The van der Waals surface area contributed by atoms with E-state index in [-0.39, 0.29) is 17.7 Å². The van der Waals surface area contributed by atoms with Crippen molar-refractivity contribution >= 4 is 28.9 Å². The zero-order valence-corrected chi connectivity index (χ0v) is 17.2. The van der Waals surface area contributed by atoms with Gasteiger partial charge in [0.1, 0.15) is 12.1 Å². The average molecular weight is 396 g/mol. The summed E-state index contributed by atoms with van der Waals surface area (Å²) in [6, 6.07) is 15.2.